The zero-order chi connectivity index (χ0) is 11.5. The van der Waals surface area contributed by atoms with Crippen molar-refractivity contribution in [2.75, 3.05) is 0 Å². The molecule has 6 heteroatoms. The molecule has 0 aliphatic carbocycles. The van der Waals surface area contributed by atoms with Gasteiger partial charge in [-0.05, 0) is 13.8 Å². The van der Waals surface area contributed by atoms with Crippen LogP contribution in [-0.2, 0) is 4.79 Å². The molecule has 0 saturated carbocycles. The molecular formula is C8H16O6. The number of aliphatic hydroxyl groups excluding tert-OH is 5. The first-order valence-electron chi connectivity index (χ1n) is 4.19. The number of hydrogen-bond acceptors (Lipinski definition) is 6. The van der Waals surface area contributed by atoms with Crippen LogP contribution < -0.4 is 0 Å². The molecule has 0 aromatic heterocycles. The van der Waals surface area contributed by atoms with Crippen LogP contribution in [0.25, 0.3) is 0 Å². The molecule has 14 heavy (non-hydrogen) atoms. The highest BCUT2D eigenvalue weighted by Gasteiger charge is 2.34. The van der Waals surface area contributed by atoms with Crippen molar-refractivity contribution in [3.8, 4) is 0 Å². The minimum absolute atomic E-state index is 0.727. The van der Waals surface area contributed by atoms with Crippen molar-refractivity contribution in [3.05, 3.63) is 0 Å². The summed E-state index contributed by atoms with van der Waals surface area (Å²) in [5.74, 6) is -0.727. The Kier molecular flexibility index (Phi) is 5.17. The summed E-state index contributed by atoms with van der Waals surface area (Å²) < 4.78 is 0. The molecule has 84 valence electrons. The Morgan fingerprint density at radius 3 is 1.64 bits per heavy atom. The maximum atomic E-state index is 10.6. The second kappa shape index (κ2) is 5.38. The summed E-state index contributed by atoms with van der Waals surface area (Å²) in [5, 5.41) is 45.4. The van der Waals surface area contributed by atoms with E-state index in [2.05, 4.69) is 0 Å². The van der Waals surface area contributed by atoms with Crippen molar-refractivity contribution in [1.82, 2.24) is 0 Å². The van der Waals surface area contributed by atoms with E-state index in [1.807, 2.05) is 0 Å². The number of hydrogen-bond donors (Lipinski definition) is 5. The van der Waals surface area contributed by atoms with Crippen LogP contribution in [-0.4, -0.2) is 61.8 Å². The fraction of sp³-hybridized carbons (Fsp3) is 0.875. The Morgan fingerprint density at radius 1 is 0.929 bits per heavy atom. The maximum absolute atomic E-state index is 10.6. The average molecular weight is 208 g/mol. The van der Waals surface area contributed by atoms with Gasteiger partial charge >= 0.3 is 0 Å². The number of carbonyl (C=O) groups is 1. The lowest BCUT2D eigenvalue weighted by Crippen LogP contribution is -2.50. The van der Waals surface area contributed by atoms with Crippen molar-refractivity contribution in [2.45, 2.75) is 44.4 Å². The third kappa shape index (κ3) is 3.32. The maximum Gasteiger partial charge on any atom is 0.160 e. The highest BCUT2D eigenvalue weighted by molar-refractivity contribution is 5.80. The minimum Gasteiger partial charge on any atom is -0.391 e. The Balaban J connectivity index is 4.37. The van der Waals surface area contributed by atoms with E-state index in [1.165, 1.54) is 6.92 Å². The van der Waals surface area contributed by atoms with Gasteiger partial charge in [0.1, 0.15) is 24.4 Å². The monoisotopic (exact) mass is 208 g/mol. The van der Waals surface area contributed by atoms with E-state index in [9.17, 15) is 15.0 Å². The third-order valence-corrected chi connectivity index (χ3v) is 1.93. The quantitative estimate of drug-likeness (QED) is 0.338. The Labute approximate surface area is 81.4 Å². The van der Waals surface area contributed by atoms with E-state index >= 15 is 0 Å². The lowest BCUT2D eigenvalue weighted by atomic mass is 9.98. The first-order chi connectivity index (χ1) is 6.29. The van der Waals surface area contributed by atoms with Crippen LogP contribution in [0.1, 0.15) is 13.8 Å². The van der Waals surface area contributed by atoms with E-state index < -0.39 is 36.3 Å². The molecule has 0 aliphatic heterocycles. The first-order valence-corrected chi connectivity index (χ1v) is 4.19. The summed E-state index contributed by atoms with van der Waals surface area (Å²) in [4.78, 5) is 10.6. The molecule has 0 saturated heterocycles. The first kappa shape index (κ1) is 13.5. The van der Waals surface area contributed by atoms with Gasteiger partial charge in [-0.15, -0.1) is 0 Å². The predicted molar refractivity (Wildman–Crippen MR) is 46.4 cm³/mol. The Hall–Kier alpha value is -0.530. The normalized spacial score (nSPS) is 22.2. The summed E-state index contributed by atoms with van der Waals surface area (Å²) >= 11 is 0. The number of ketones is 1. The smallest absolute Gasteiger partial charge is 0.160 e. The van der Waals surface area contributed by atoms with Gasteiger partial charge in [-0.2, -0.15) is 0 Å². The fourth-order valence-electron chi connectivity index (χ4n) is 0.915. The zero-order valence-electron chi connectivity index (χ0n) is 8.03. The fourth-order valence-corrected chi connectivity index (χ4v) is 0.915. The molecule has 0 radical (unpaired) electrons. The van der Waals surface area contributed by atoms with Crippen molar-refractivity contribution >= 4 is 5.78 Å². The van der Waals surface area contributed by atoms with Gasteiger partial charge < -0.3 is 25.5 Å². The van der Waals surface area contributed by atoms with Crippen LogP contribution in [0, 0.1) is 0 Å². The molecule has 0 fully saturated rings. The van der Waals surface area contributed by atoms with Gasteiger partial charge in [-0.1, -0.05) is 0 Å². The standard InChI is InChI=1S/C8H16O6/c1-3(9)5(11)7(13)8(14)6(12)4(2)10/h3,5-9,11-14H,1-2H3. The summed E-state index contributed by atoms with van der Waals surface area (Å²) in [7, 11) is 0. The van der Waals surface area contributed by atoms with Crippen LogP contribution in [0.15, 0.2) is 0 Å². The molecule has 0 rings (SSSR count). The van der Waals surface area contributed by atoms with Gasteiger partial charge in [0.25, 0.3) is 0 Å². The largest absolute Gasteiger partial charge is 0.391 e. The molecule has 5 atom stereocenters. The SMILES string of the molecule is CC(=O)C(O)C(O)C(O)C(O)C(C)O. The van der Waals surface area contributed by atoms with Gasteiger partial charge in [0.15, 0.2) is 5.78 Å². The third-order valence-electron chi connectivity index (χ3n) is 1.93. The summed E-state index contributed by atoms with van der Waals surface area (Å²) in [6.45, 7) is 2.25. The van der Waals surface area contributed by atoms with Crippen LogP contribution >= 0.6 is 0 Å². The van der Waals surface area contributed by atoms with Gasteiger partial charge in [-0.3, -0.25) is 4.79 Å². The molecule has 6 nitrogen and oxygen atoms in total. The molecule has 0 spiro atoms. The molecule has 0 aliphatic rings. The van der Waals surface area contributed by atoms with E-state index in [-0.39, 0.29) is 0 Å². The van der Waals surface area contributed by atoms with E-state index in [0.29, 0.717) is 0 Å². The van der Waals surface area contributed by atoms with Gasteiger partial charge in [-0.25, -0.2) is 0 Å². The number of aliphatic hydroxyl groups is 5. The predicted octanol–water partition coefficient (Wildman–Crippen LogP) is -2.60. The van der Waals surface area contributed by atoms with Crippen LogP contribution in [0.3, 0.4) is 0 Å². The second-order valence-corrected chi connectivity index (χ2v) is 3.27. The molecule has 5 N–H and O–H groups in total. The molecule has 5 unspecified atom stereocenters. The van der Waals surface area contributed by atoms with Crippen LogP contribution in [0.5, 0.6) is 0 Å². The number of Topliss-reactive ketones (excluding diaryl/α,β-unsaturated/α-hetero) is 1. The van der Waals surface area contributed by atoms with Crippen molar-refractivity contribution in [2.24, 2.45) is 0 Å². The minimum atomic E-state index is -1.81. The van der Waals surface area contributed by atoms with Crippen LogP contribution in [0.4, 0.5) is 0 Å². The zero-order valence-corrected chi connectivity index (χ0v) is 8.03. The summed E-state index contributed by atoms with van der Waals surface area (Å²) in [6, 6.07) is 0. The van der Waals surface area contributed by atoms with Gasteiger partial charge in [0.2, 0.25) is 0 Å². The van der Waals surface area contributed by atoms with E-state index in [1.54, 1.807) is 0 Å². The topological polar surface area (TPSA) is 118 Å². The molecule has 0 amide bonds. The van der Waals surface area contributed by atoms with Crippen molar-refractivity contribution in [1.29, 1.82) is 0 Å². The molecule has 0 aromatic rings. The van der Waals surface area contributed by atoms with E-state index in [0.717, 1.165) is 6.92 Å². The number of rotatable bonds is 5. The lowest BCUT2D eigenvalue weighted by Gasteiger charge is -2.26. The van der Waals surface area contributed by atoms with Crippen LogP contribution in [0.2, 0.25) is 0 Å². The van der Waals surface area contributed by atoms with Crippen molar-refractivity contribution in [3.63, 3.8) is 0 Å². The molecule has 0 heterocycles. The van der Waals surface area contributed by atoms with Gasteiger partial charge in [0.05, 0.1) is 6.10 Å². The molecule has 0 bridgehead atoms. The summed E-state index contributed by atoms with van der Waals surface area (Å²) in [6.07, 6.45) is -8.22. The highest BCUT2D eigenvalue weighted by atomic mass is 16.4. The molecular weight excluding hydrogens is 192 g/mol. The van der Waals surface area contributed by atoms with Crippen molar-refractivity contribution < 1.29 is 30.3 Å². The highest BCUT2D eigenvalue weighted by Crippen LogP contribution is 2.08. The lowest BCUT2D eigenvalue weighted by molar-refractivity contribution is -0.150. The Bertz CT molecular complexity index is 192. The van der Waals surface area contributed by atoms with Gasteiger partial charge in [0, 0.05) is 0 Å². The van der Waals surface area contributed by atoms with E-state index in [4.69, 9.17) is 15.3 Å². The second-order valence-electron chi connectivity index (χ2n) is 3.27. The average Bonchev–Trinajstić information content (AvgIpc) is 2.12. The Morgan fingerprint density at radius 2 is 1.36 bits per heavy atom. The summed E-state index contributed by atoms with van der Waals surface area (Å²) in [5.41, 5.74) is 0. The number of carbonyl (C=O) groups excluding carboxylic acids is 1. The molecule has 0 aromatic carbocycles.